The van der Waals surface area contributed by atoms with Gasteiger partial charge in [0.1, 0.15) is 37.4 Å². The molecule has 192 valence electrons. The van der Waals surface area contributed by atoms with Gasteiger partial charge in [-0.3, -0.25) is 0 Å². The number of aliphatic hydroxyl groups excluding tert-OH is 2. The van der Waals surface area contributed by atoms with Crippen molar-refractivity contribution in [3.8, 4) is 22.6 Å². The highest BCUT2D eigenvalue weighted by molar-refractivity contribution is 6.06. The third-order valence-corrected chi connectivity index (χ3v) is 6.11. The number of aliphatic hydroxyl groups is 2. The summed E-state index contributed by atoms with van der Waals surface area (Å²) in [6, 6.07) is 24.0. The lowest BCUT2D eigenvalue weighted by molar-refractivity contribution is -0.142. The summed E-state index contributed by atoms with van der Waals surface area (Å²) in [4.78, 5) is 11.5. The van der Waals surface area contributed by atoms with Crippen molar-refractivity contribution in [3.63, 3.8) is 0 Å². The first-order valence-electron chi connectivity index (χ1n) is 12.4. The van der Waals surface area contributed by atoms with Crippen LogP contribution in [0.1, 0.15) is 20.3 Å². The van der Waals surface area contributed by atoms with Crippen LogP contribution in [0.2, 0.25) is 0 Å². The van der Waals surface area contributed by atoms with Crippen molar-refractivity contribution in [1.29, 1.82) is 0 Å². The summed E-state index contributed by atoms with van der Waals surface area (Å²) < 4.78 is 16.7. The minimum atomic E-state index is -0.961. The van der Waals surface area contributed by atoms with Gasteiger partial charge in [-0.1, -0.05) is 62.0 Å². The van der Waals surface area contributed by atoms with Gasteiger partial charge in [0, 0.05) is 5.57 Å². The minimum absolute atomic E-state index is 0.0181. The van der Waals surface area contributed by atoms with Crippen LogP contribution in [-0.2, 0) is 9.53 Å². The van der Waals surface area contributed by atoms with Gasteiger partial charge in [0.15, 0.2) is 0 Å². The van der Waals surface area contributed by atoms with Gasteiger partial charge >= 0.3 is 5.97 Å². The molecule has 0 fully saturated rings. The van der Waals surface area contributed by atoms with Crippen LogP contribution in [0.3, 0.4) is 0 Å². The Morgan fingerprint density at radius 1 is 0.784 bits per heavy atom. The predicted molar refractivity (Wildman–Crippen MR) is 146 cm³/mol. The zero-order chi connectivity index (χ0) is 26.4. The van der Waals surface area contributed by atoms with Gasteiger partial charge in [0.05, 0.1) is 6.10 Å². The van der Waals surface area contributed by atoms with Gasteiger partial charge in [-0.15, -0.1) is 0 Å². The molecule has 0 aliphatic rings. The maximum Gasteiger partial charge on any atom is 0.333 e. The molecule has 6 nitrogen and oxygen atoms in total. The lowest BCUT2D eigenvalue weighted by Gasteiger charge is -2.15. The van der Waals surface area contributed by atoms with Gasteiger partial charge in [0.25, 0.3) is 0 Å². The Kier molecular flexibility index (Phi) is 8.43. The van der Waals surface area contributed by atoms with E-state index in [1.165, 1.54) is 0 Å². The van der Waals surface area contributed by atoms with Crippen molar-refractivity contribution in [2.75, 3.05) is 19.8 Å². The highest BCUT2D eigenvalue weighted by atomic mass is 16.5. The van der Waals surface area contributed by atoms with Gasteiger partial charge in [-0.2, -0.15) is 0 Å². The Morgan fingerprint density at radius 3 is 1.78 bits per heavy atom. The molecule has 0 heterocycles. The smallest absolute Gasteiger partial charge is 0.333 e. The summed E-state index contributed by atoms with van der Waals surface area (Å²) in [5.74, 6) is 0.765. The van der Waals surface area contributed by atoms with Gasteiger partial charge in [0.2, 0.25) is 0 Å². The Hall–Kier alpha value is -3.87. The van der Waals surface area contributed by atoms with E-state index in [1.807, 2.05) is 61.5 Å². The second kappa shape index (κ2) is 11.9. The molecular formula is C31H32O6. The van der Waals surface area contributed by atoms with Crippen molar-refractivity contribution < 1.29 is 29.2 Å². The third kappa shape index (κ3) is 6.47. The Morgan fingerprint density at radius 2 is 1.30 bits per heavy atom. The number of hydrogen-bond donors (Lipinski definition) is 2. The van der Waals surface area contributed by atoms with E-state index >= 15 is 0 Å². The van der Waals surface area contributed by atoms with E-state index in [0.29, 0.717) is 17.9 Å². The Balaban J connectivity index is 1.61. The van der Waals surface area contributed by atoms with Crippen LogP contribution in [0.5, 0.6) is 11.5 Å². The number of ether oxygens (including phenoxy) is 3. The normalized spacial score (nSPS) is 12.8. The largest absolute Gasteiger partial charge is 0.491 e. The first kappa shape index (κ1) is 26.2. The number of hydrogen-bond acceptors (Lipinski definition) is 6. The maximum atomic E-state index is 11.5. The van der Waals surface area contributed by atoms with E-state index in [1.54, 1.807) is 6.92 Å². The zero-order valence-corrected chi connectivity index (χ0v) is 21.1. The zero-order valence-electron chi connectivity index (χ0n) is 21.1. The average molecular weight is 501 g/mol. The average Bonchev–Trinajstić information content (AvgIpc) is 2.92. The van der Waals surface area contributed by atoms with E-state index in [-0.39, 0.29) is 25.4 Å². The molecule has 2 unspecified atom stereocenters. The van der Waals surface area contributed by atoms with Crippen LogP contribution in [0.15, 0.2) is 84.9 Å². The molecule has 0 saturated heterocycles. The molecule has 2 N–H and O–H groups in total. The van der Waals surface area contributed by atoms with E-state index in [0.717, 1.165) is 32.7 Å². The number of esters is 1. The van der Waals surface area contributed by atoms with Crippen LogP contribution in [-0.4, -0.2) is 48.2 Å². The maximum absolute atomic E-state index is 11.5. The second-order valence-electron chi connectivity index (χ2n) is 9.09. The molecule has 4 aromatic rings. The summed E-state index contributed by atoms with van der Waals surface area (Å²) in [7, 11) is 0. The van der Waals surface area contributed by atoms with Crippen LogP contribution in [0.4, 0.5) is 0 Å². The number of carbonyl (C=O) groups is 1. The van der Waals surface area contributed by atoms with Crippen molar-refractivity contribution in [1.82, 2.24) is 0 Å². The molecule has 37 heavy (non-hydrogen) atoms. The standard InChI is InChI=1S/C31H32O6/c1-4-23(32)17-35-25-13-11-21-7-5-9-27(29(21)15-25)28-10-6-8-22-12-14-26(16-30(22)28)36-18-24(33)19-37-31(34)20(2)3/h5-16,23-24,32-33H,2,4,17-19H2,1,3H3. The van der Waals surface area contributed by atoms with Crippen LogP contribution < -0.4 is 9.47 Å². The molecule has 4 aromatic carbocycles. The van der Waals surface area contributed by atoms with Crippen molar-refractivity contribution in [2.45, 2.75) is 32.5 Å². The monoisotopic (exact) mass is 500 g/mol. The molecule has 0 aromatic heterocycles. The lowest BCUT2D eigenvalue weighted by Crippen LogP contribution is -2.25. The van der Waals surface area contributed by atoms with E-state index in [2.05, 4.69) is 24.8 Å². The first-order valence-corrected chi connectivity index (χ1v) is 12.4. The molecule has 0 amide bonds. The Labute approximate surface area is 216 Å². The van der Waals surface area contributed by atoms with Gasteiger partial charge < -0.3 is 24.4 Å². The van der Waals surface area contributed by atoms with Crippen LogP contribution in [0.25, 0.3) is 32.7 Å². The summed E-state index contributed by atoms with van der Waals surface area (Å²) in [6.07, 6.45) is -0.827. The number of fused-ring (bicyclic) bond motifs is 2. The summed E-state index contributed by atoms with van der Waals surface area (Å²) in [6.45, 7) is 7.07. The first-order chi connectivity index (χ1) is 17.9. The summed E-state index contributed by atoms with van der Waals surface area (Å²) in [5, 5.41) is 24.2. The van der Waals surface area contributed by atoms with E-state index < -0.39 is 18.2 Å². The fourth-order valence-corrected chi connectivity index (χ4v) is 4.00. The Bertz CT molecular complexity index is 1410. The van der Waals surface area contributed by atoms with E-state index in [9.17, 15) is 15.0 Å². The van der Waals surface area contributed by atoms with Crippen molar-refractivity contribution >= 4 is 27.5 Å². The SMILES string of the molecule is C=C(C)C(=O)OCC(O)COc1ccc2cccc(-c3cccc4ccc(OCC(O)CC)cc34)c2c1. The summed E-state index contributed by atoms with van der Waals surface area (Å²) in [5.41, 5.74) is 2.37. The molecule has 0 radical (unpaired) electrons. The van der Waals surface area contributed by atoms with Gasteiger partial charge in [-0.25, -0.2) is 4.79 Å². The fraction of sp³-hybridized carbons (Fsp3) is 0.258. The molecule has 6 heteroatoms. The summed E-state index contributed by atoms with van der Waals surface area (Å²) >= 11 is 0. The van der Waals surface area contributed by atoms with E-state index in [4.69, 9.17) is 14.2 Å². The molecule has 0 aliphatic carbocycles. The topological polar surface area (TPSA) is 85.2 Å². The van der Waals surface area contributed by atoms with Crippen LogP contribution in [0, 0.1) is 0 Å². The quantitative estimate of drug-likeness (QED) is 0.204. The fourth-order valence-electron chi connectivity index (χ4n) is 4.00. The highest BCUT2D eigenvalue weighted by Crippen LogP contribution is 2.36. The van der Waals surface area contributed by atoms with Crippen LogP contribution >= 0.6 is 0 Å². The van der Waals surface area contributed by atoms with Crippen molar-refractivity contribution in [3.05, 3.63) is 84.9 Å². The predicted octanol–water partition coefficient (Wildman–Crippen LogP) is 5.67. The molecule has 4 rings (SSSR count). The third-order valence-electron chi connectivity index (χ3n) is 6.11. The molecular weight excluding hydrogens is 468 g/mol. The lowest BCUT2D eigenvalue weighted by atomic mass is 9.94. The number of rotatable bonds is 11. The molecule has 0 aliphatic heterocycles. The minimum Gasteiger partial charge on any atom is -0.491 e. The van der Waals surface area contributed by atoms with Gasteiger partial charge in [-0.05, 0) is 70.3 Å². The molecule has 2 atom stereocenters. The van der Waals surface area contributed by atoms with Crippen molar-refractivity contribution in [2.24, 2.45) is 0 Å². The molecule has 0 saturated carbocycles. The molecule has 0 bridgehead atoms. The highest BCUT2D eigenvalue weighted by Gasteiger charge is 2.13. The molecule has 0 spiro atoms. The number of benzene rings is 4. The second-order valence-corrected chi connectivity index (χ2v) is 9.09. The number of carbonyl (C=O) groups excluding carboxylic acids is 1.